The molecule has 0 aliphatic rings. The molecule has 1 N–H and O–H groups in total. The van der Waals surface area contributed by atoms with Crippen LogP contribution in [0.15, 0.2) is 23.1 Å². The molecule has 0 aliphatic heterocycles. The Morgan fingerprint density at radius 2 is 2.17 bits per heavy atom. The lowest BCUT2D eigenvalue weighted by Gasteiger charge is -2.24. The number of urea groups is 1. The molecule has 8 heteroatoms. The predicted molar refractivity (Wildman–Crippen MR) is 83.4 cm³/mol. The van der Waals surface area contributed by atoms with Gasteiger partial charge in [-0.05, 0) is 13.0 Å². The molecule has 0 aromatic carbocycles. The predicted octanol–water partition coefficient (Wildman–Crippen LogP) is 2.06. The average molecular weight is 318 g/mol. The maximum atomic E-state index is 12.2. The molecule has 124 valence electrons. The highest BCUT2D eigenvalue weighted by atomic mass is 16.5. The third kappa shape index (κ3) is 4.24. The normalized spacial score (nSPS) is 12.7. The van der Waals surface area contributed by atoms with Crippen LogP contribution in [0.1, 0.15) is 51.1 Å². The summed E-state index contributed by atoms with van der Waals surface area (Å²) in [6, 6.07) is 1.36. The summed E-state index contributed by atoms with van der Waals surface area (Å²) in [5.41, 5.74) is 0.579. The summed E-state index contributed by atoms with van der Waals surface area (Å²) >= 11 is 0. The van der Waals surface area contributed by atoms with Crippen LogP contribution >= 0.6 is 0 Å². The Bertz CT molecular complexity index is 649. The molecule has 0 spiro atoms. The third-order valence-electron chi connectivity index (χ3n) is 3.46. The van der Waals surface area contributed by atoms with Crippen molar-refractivity contribution < 1.29 is 9.32 Å². The second kappa shape index (κ2) is 6.72. The summed E-state index contributed by atoms with van der Waals surface area (Å²) in [7, 11) is 1.70. The van der Waals surface area contributed by atoms with Crippen LogP contribution in [0.3, 0.4) is 0 Å². The van der Waals surface area contributed by atoms with Crippen LogP contribution in [0.4, 0.5) is 4.79 Å². The zero-order chi connectivity index (χ0) is 17.0. The summed E-state index contributed by atoms with van der Waals surface area (Å²) in [5.74, 6) is 0.996. The fourth-order valence-electron chi connectivity index (χ4n) is 1.83. The van der Waals surface area contributed by atoms with Crippen molar-refractivity contribution in [3.63, 3.8) is 0 Å². The Hall–Kier alpha value is -2.51. The summed E-state index contributed by atoms with van der Waals surface area (Å²) in [6.45, 7) is 8.07. The highest BCUT2D eigenvalue weighted by Crippen LogP contribution is 2.18. The van der Waals surface area contributed by atoms with Crippen molar-refractivity contribution >= 4 is 6.03 Å². The maximum Gasteiger partial charge on any atom is 0.318 e. The lowest BCUT2D eigenvalue weighted by Crippen LogP contribution is -2.38. The van der Waals surface area contributed by atoms with Crippen LogP contribution in [0.5, 0.6) is 0 Å². The molecule has 2 amide bonds. The minimum Gasteiger partial charge on any atom is -0.337 e. The minimum absolute atomic E-state index is 0.175. The van der Waals surface area contributed by atoms with Crippen LogP contribution in [0.25, 0.3) is 0 Å². The third-order valence-corrected chi connectivity index (χ3v) is 3.46. The first-order valence-electron chi connectivity index (χ1n) is 7.38. The topological polar surface area (TPSA) is 97.0 Å². The second-order valence-electron chi connectivity index (χ2n) is 6.34. The summed E-state index contributed by atoms with van der Waals surface area (Å²) < 4.78 is 5.15. The monoisotopic (exact) mass is 318 g/mol. The molecule has 2 aromatic heterocycles. The number of rotatable bonds is 4. The molecule has 0 saturated heterocycles. The Balaban J connectivity index is 1.93. The maximum absolute atomic E-state index is 12.2. The van der Waals surface area contributed by atoms with E-state index in [-0.39, 0.29) is 24.0 Å². The SMILES string of the molecule is C[C@@H](c1ccncn1)N(C)C(=O)NCc1nc(C(C)(C)C)no1. The Labute approximate surface area is 135 Å². The standard InChI is InChI=1S/C15H22N6O2/c1-10(11-6-7-16-9-18-11)21(5)14(22)17-8-12-19-13(20-23-12)15(2,3)4/h6-7,9-10H,8H2,1-5H3,(H,17,22)/t10-/m0/s1. The van der Waals surface area contributed by atoms with Gasteiger partial charge in [-0.15, -0.1) is 0 Å². The van der Waals surface area contributed by atoms with Gasteiger partial charge in [0.05, 0.1) is 18.3 Å². The number of hydrogen-bond acceptors (Lipinski definition) is 6. The molecular weight excluding hydrogens is 296 g/mol. The van der Waals surface area contributed by atoms with Gasteiger partial charge in [0.1, 0.15) is 6.33 Å². The fourth-order valence-corrected chi connectivity index (χ4v) is 1.83. The van der Waals surface area contributed by atoms with Gasteiger partial charge in [0.2, 0.25) is 5.89 Å². The molecule has 0 bridgehead atoms. The molecule has 0 aliphatic carbocycles. The van der Waals surface area contributed by atoms with Crippen molar-refractivity contribution in [2.24, 2.45) is 0 Å². The van der Waals surface area contributed by atoms with Gasteiger partial charge < -0.3 is 14.7 Å². The van der Waals surface area contributed by atoms with Crippen molar-refractivity contribution in [2.45, 2.75) is 45.7 Å². The molecule has 2 aromatic rings. The number of amides is 2. The smallest absolute Gasteiger partial charge is 0.318 e. The first-order valence-corrected chi connectivity index (χ1v) is 7.38. The number of aromatic nitrogens is 4. The number of hydrogen-bond donors (Lipinski definition) is 1. The first kappa shape index (κ1) is 16.9. The highest BCUT2D eigenvalue weighted by Gasteiger charge is 2.22. The van der Waals surface area contributed by atoms with E-state index < -0.39 is 0 Å². The van der Waals surface area contributed by atoms with Gasteiger partial charge in [-0.25, -0.2) is 14.8 Å². The quantitative estimate of drug-likeness (QED) is 0.926. The molecule has 1 atom stereocenters. The van der Waals surface area contributed by atoms with Crippen LogP contribution in [-0.4, -0.2) is 38.1 Å². The molecular formula is C15H22N6O2. The zero-order valence-corrected chi connectivity index (χ0v) is 14.1. The van der Waals surface area contributed by atoms with Gasteiger partial charge in [-0.3, -0.25) is 0 Å². The number of nitrogens with zero attached hydrogens (tertiary/aromatic N) is 5. The van der Waals surface area contributed by atoms with E-state index in [9.17, 15) is 4.79 Å². The van der Waals surface area contributed by atoms with E-state index in [2.05, 4.69) is 25.4 Å². The molecule has 2 rings (SSSR count). The van der Waals surface area contributed by atoms with Crippen LogP contribution in [-0.2, 0) is 12.0 Å². The van der Waals surface area contributed by atoms with Gasteiger partial charge in [0.15, 0.2) is 5.82 Å². The lowest BCUT2D eigenvalue weighted by molar-refractivity contribution is 0.191. The van der Waals surface area contributed by atoms with E-state index in [1.54, 1.807) is 24.2 Å². The lowest BCUT2D eigenvalue weighted by atomic mass is 9.96. The largest absolute Gasteiger partial charge is 0.337 e. The Morgan fingerprint density at radius 3 is 2.74 bits per heavy atom. The molecule has 2 heterocycles. The van der Waals surface area contributed by atoms with Crippen LogP contribution in [0, 0.1) is 0 Å². The molecule has 8 nitrogen and oxygen atoms in total. The van der Waals surface area contributed by atoms with Crippen LogP contribution in [0.2, 0.25) is 0 Å². The van der Waals surface area contributed by atoms with Gasteiger partial charge in [-0.2, -0.15) is 4.98 Å². The average Bonchev–Trinajstić information content (AvgIpc) is 3.01. The van der Waals surface area contributed by atoms with Crippen molar-refractivity contribution in [1.82, 2.24) is 30.3 Å². The first-order chi connectivity index (χ1) is 10.8. The summed E-state index contributed by atoms with van der Waals surface area (Å²) in [5, 5.41) is 6.69. The van der Waals surface area contributed by atoms with Crippen LogP contribution < -0.4 is 5.32 Å². The van der Waals surface area contributed by atoms with E-state index in [1.165, 1.54) is 6.33 Å². The number of nitrogens with one attached hydrogen (secondary N) is 1. The Morgan fingerprint density at radius 1 is 1.43 bits per heavy atom. The van der Waals surface area contributed by atoms with E-state index in [1.807, 2.05) is 27.7 Å². The van der Waals surface area contributed by atoms with Crippen molar-refractivity contribution in [3.8, 4) is 0 Å². The Kier molecular flexibility index (Phi) is 4.92. The van der Waals surface area contributed by atoms with Crippen molar-refractivity contribution in [1.29, 1.82) is 0 Å². The number of carbonyl (C=O) groups excluding carboxylic acids is 1. The molecule has 23 heavy (non-hydrogen) atoms. The van der Waals surface area contributed by atoms with Gasteiger partial charge in [-0.1, -0.05) is 25.9 Å². The van der Waals surface area contributed by atoms with Gasteiger partial charge in [0, 0.05) is 18.7 Å². The summed E-state index contributed by atoms with van der Waals surface area (Å²) in [6.07, 6.45) is 3.11. The highest BCUT2D eigenvalue weighted by molar-refractivity contribution is 5.74. The van der Waals surface area contributed by atoms with Gasteiger partial charge >= 0.3 is 6.03 Å². The minimum atomic E-state index is -0.244. The molecule has 0 fully saturated rings. The molecule has 0 unspecified atom stereocenters. The summed E-state index contributed by atoms with van der Waals surface area (Å²) in [4.78, 5) is 26.1. The van der Waals surface area contributed by atoms with E-state index in [4.69, 9.17) is 4.52 Å². The fraction of sp³-hybridized carbons (Fsp3) is 0.533. The molecule has 0 radical (unpaired) electrons. The number of carbonyl (C=O) groups is 1. The van der Waals surface area contributed by atoms with E-state index in [0.717, 1.165) is 5.69 Å². The van der Waals surface area contributed by atoms with Crippen molar-refractivity contribution in [3.05, 3.63) is 36.0 Å². The van der Waals surface area contributed by atoms with E-state index >= 15 is 0 Å². The van der Waals surface area contributed by atoms with Crippen molar-refractivity contribution in [2.75, 3.05) is 7.05 Å². The zero-order valence-electron chi connectivity index (χ0n) is 14.1. The second-order valence-corrected chi connectivity index (χ2v) is 6.34. The van der Waals surface area contributed by atoms with Gasteiger partial charge in [0.25, 0.3) is 0 Å². The van der Waals surface area contributed by atoms with E-state index in [0.29, 0.717) is 11.7 Å². The molecule has 0 saturated carbocycles.